The largest absolute Gasteiger partial charge is 0.493 e. The summed E-state index contributed by atoms with van der Waals surface area (Å²) >= 11 is 1.50. The number of amides is 1. The van der Waals surface area contributed by atoms with Crippen molar-refractivity contribution in [2.75, 3.05) is 6.61 Å². The second-order valence-corrected chi connectivity index (χ2v) is 8.58. The van der Waals surface area contributed by atoms with Crippen molar-refractivity contribution < 1.29 is 9.53 Å². The van der Waals surface area contributed by atoms with Crippen LogP contribution in [0.3, 0.4) is 0 Å². The first-order chi connectivity index (χ1) is 15.1. The Hall–Kier alpha value is -3.59. The molecule has 1 unspecified atom stereocenters. The van der Waals surface area contributed by atoms with Crippen molar-refractivity contribution in [1.82, 2.24) is 30.5 Å². The molecule has 0 bridgehead atoms. The number of hydrogen-bond donors (Lipinski definition) is 1. The van der Waals surface area contributed by atoms with Gasteiger partial charge in [0.1, 0.15) is 17.1 Å². The summed E-state index contributed by atoms with van der Waals surface area (Å²) in [6.07, 6.45) is 5.78. The highest BCUT2D eigenvalue weighted by Crippen LogP contribution is 2.36. The number of thiophene rings is 1. The van der Waals surface area contributed by atoms with Crippen LogP contribution in [0, 0.1) is 13.8 Å². The summed E-state index contributed by atoms with van der Waals surface area (Å²) in [4.78, 5) is 18.7. The van der Waals surface area contributed by atoms with E-state index >= 15 is 0 Å². The van der Waals surface area contributed by atoms with Gasteiger partial charge in [0.25, 0.3) is 5.91 Å². The Kier molecular flexibility index (Phi) is 4.95. The minimum atomic E-state index is -0.158. The van der Waals surface area contributed by atoms with Crippen molar-refractivity contribution in [3.8, 4) is 21.9 Å². The number of ether oxygens (including phenoxy) is 1. The van der Waals surface area contributed by atoms with Crippen LogP contribution >= 0.6 is 11.3 Å². The molecular weight excluding hydrogens is 412 g/mol. The van der Waals surface area contributed by atoms with Crippen molar-refractivity contribution in [1.29, 1.82) is 0 Å². The zero-order chi connectivity index (χ0) is 21.4. The predicted octanol–water partition coefficient (Wildman–Crippen LogP) is 3.66. The standard InChI is InChI=1S/C22H20N6O2S/c1-13-14(2)31-22(28-12-24-26-27-28)20(13)21(29)25-18-7-9-30-19-6-5-15(10-17(18)19)16-4-3-8-23-11-16/h3-6,8,10-12,18H,7,9H2,1-2H3,(H,25,29). The van der Waals surface area contributed by atoms with Crippen LogP contribution in [-0.2, 0) is 0 Å². The van der Waals surface area contributed by atoms with Crippen molar-refractivity contribution in [2.24, 2.45) is 0 Å². The van der Waals surface area contributed by atoms with Crippen molar-refractivity contribution in [3.63, 3.8) is 0 Å². The zero-order valence-electron chi connectivity index (χ0n) is 17.1. The minimum Gasteiger partial charge on any atom is -0.493 e. The molecule has 0 saturated heterocycles. The number of nitrogens with one attached hydrogen (secondary N) is 1. The number of fused-ring (bicyclic) bond motifs is 1. The topological polar surface area (TPSA) is 94.8 Å². The number of benzene rings is 1. The van der Waals surface area contributed by atoms with Gasteiger partial charge in [-0.05, 0) is 53.6 Å². The normalized spacial score (nSPS) is 15.2. The third-order valence-corrected chi connectivity index (χ3v) is 6.70. The maximum atomic E-state index is 13.4. The highest BCUT2D eigenvalue weighted by atomic mass is 32.1. The summed E-state index contributed by atoms with van der Waals surface area (Å²) in [7, 11) is 0. The fourth-order valence-electron chi connectivity index (χ4n) is 3.78. The van der Waals surface area contributed by atoms with E-state index in [4.69, 9.17) is 4.74 Å². The molecule has 4 heterocycles. The van der Waals surface area contributed by atoms with Gasteiger partial charge in [-0.3, -0.25) is 9.78 Å². The number of pyridine rings is 1. The highest BCUT2D eigenvalue weighted by molar-refractivity contribution is 7.15. The third kappa shape index (κ3) is 3.57. The summed E-state index contributed by atoms with van der Waals surface area (Å²) in [5.74, 6) is 0.653. The number of aromatic nitrogens is 5. The molecule has 31 heavy (non-hydrogen) atoms. The quantitative estimate of drug-likeness (QED) is 0.529. The molecule has 1 amide bonds. The van der Waals surface area contributed by atoms with E-state index in [1.165, 1.54) is 22.3 Å². The lowest BCUT2D eigenvalue weighted by atomic mass is 9.95. The molecule has 3 aromatic heterocycles. The van der Waals surface area contributed by atoms with Gasteiger partial charge in [0.05, 0.1) is 18.2 Å². The van der Waals surface area contributed by atoms with Crippen LogP contribution in [0.1, 0.15) is 38.8 Å². The van der Waals surface area contributed by atoms with E-state index in [9.17, 15) is 4.79 Å². The van der Waals surface area contributed by atoms with E-state index < -0.39 is 0 Å². The SMILES string of the molecule is Cc1sc(-n2cnnn2)c(C(=O)NC2CCOc3ccc(-c4cccnc4)cc32)c1C. The molecule has 8 nitrogen and oxygen atoms in total. The maximum absolute atomic E-state index is 13.4. The van der Waals surface area contributed by atoms with Gasteiger partial charge in [0, 0.05) is 34.8 Å². The van der Waals surface area contributed by atoms with E-state index in [0.29, 0.717) is 23.6 Å². The Morgan fingerprint density at radius 3 is 2.94 bits per heavy atom. The van der Waals surface area contributed by atoms with Gasteiger partial charge in [-0.2, -0.15) is 4.68 Å². The van der Waals surface area contributed by atoms with Crippen LogP contribution in [0.5, 0.6) is 5.75 Å². The minimum absolute atomic E-state index is 0.142. The first kappa shape index (κ1) is 19.4. The Morgan fingerprint density at radius 2 is 2.16 bits per heavy atom. The highest BCUT2D eigenvalue weighted by Gasteiger charge is 2.28. The first-order valence-corrected chi connectivity index (χ1v) is 10.7. The molecule has 1 atom stereocenters. The summed E-state index contributed by atoms with van der Waals surface area (Å²) in [6.45, 7) is 4.49. The Bertz CT molecular complexity index is 1240. The number of rotatable bonds is 4. The van der Waals surface area contributed by atoms with Crippen LogP contribution in [0.2, 0.25) is 0 Å². The second kappa shape index (κ2) is 7.92. The Balaban J connectivity index is 1.48. The van der Waals surface area contributed by atoms with Gasteiger partial charge in [-0.1, -0.05) is 12.1 Å². The molecule has 0 saturated carbocycles. The molecule has 0 radical (unpaired) electrons. The molecule has 0 spiro atoms. The van der Waals surface area contributed by atoms with Gasteiger partial charge in [-0.15, -0.1) is 16.4 Å². The average molecular weight is 433 g/mol. The van der Waals surface area contributed by atoms with E-state index in [-0.39, 0.29) is 11.9 Å². The second-order valence-electron chi connectivity index (χ2n) is 7.38. The van der Waals surface area contributed by atoms with E-state index in [1.807, 2.05) is 44.3 Å². The summed E-state index contributed by atoms with van der Waals surface area (Å²) in [6, 6.07) is 9.82. The van der Waals surface area contributed by atoms with Crippen LogP contribution in [0.4, 0.5) is 0 Å². The summed E-state index contributed by atoms with van der Waals surface area (Å²) in [5.41, 5.74) is 4.56. The number of carbonyl (C=O) groups is 1. The van der Waals surface area contributed by atoms with Gasteiger partial charge >= 0.3 is 0 Å². The molecule has 4 aromatic rings. The van der Waals surface area contributed by atoms with E-state index in [0.717, 1.165) is 32.9 Å². The Labute approximate surface area is 182 Å². The molecule has 0 aliphatic carbocycles. The van der Waals surface area contributed by atoms with Crippen molar-refractivity contribution in [2.45, 2.75) is 26.3 Å². The van der Waals surface area contributed by atoms with Gasteiger partial charge in [0.15, 0.2) is 0 Å². The number of hydrogen-bond acceptors (Lipinski definition) is 7. The van der Waals surface area contributed by atoms with Gasteiger partial charge in [-0.25, -0.2) is 0 Å². The average Bonchev–Trinajstić information content (AvgIpc) is 3.43. The lowest BCUT2D eigenvalue weighted by Gasteiger charge is -2.27. The molecule has 1 N–H and O–H groups in total. The van der Waals surface area contributed by atoms with Crippen LogP contribution < -0.4 is 10.1 Å². The fraction of sp³-hybridized carbons (Fsp3) is 0.227. The molecular formula is C22H20N6O2S. The monoisotopic (exact) mass is 432 g/mol. The molecule has 0 fully saturated rings. The molecule has 9 heteroatoms. The van der Waals surface area contributed by atoms with Gasteiger partial charge < -0.3 is 10.1 Å². The first-order valence-electron chi connectivity index (χ1n) is 9.93. The third-order valence-electron chi connectivity index (χ3n) is 5.50. The lowest BCUT2D eigenvalue weighted by Crippen LogP contribution is -2.33. The molecule has 1 aromatic carbocycles. The van der Waals surface area contributed by atoms with Crippen molar-refractivity contribution in [3.05, 3.63) is 70.6 Å². The predicted molar refractivity (Wildman–Crippen MR) is 116 cm³/mol. The van der Waals surface area contributed by atoms with Crippen LogP contribution in [0.15, 0.2) is 49.1 Å². The molecule has 1 aliphatic rings. The number of aryl methyl sites for hydroxylation is 1. The van der Waals surface area contributed by atoms with Crippen LogP contribution in [-0.4, -0.2) is 37.7 Å². The molecule has 156 valence electrons. The number of tetrazole rings is 1. The summed E-state index contributed by atoms with van der Waals surface area (Å²) < 4.78 is 7.39. The summed E-state index contributed by atoms with van der Waals surface area (Å²) in [5, 5.41) is 15.3. The van der Waals surface area contributed by atoms with Gasteiger partial charge in [0.2, 0.25) is 0 Å². The van der Waals surface area contributed by atoms with Crippen LogP contribution in [0.25, 0.3) is 16.1 Å². The van der Waals surface area contributed by atoms with Crippen molar-refractivity contribution >= 4 is 17.2 Å². The lowest BCUT2D eigenvalue weighted by molar-refractivity contribution is 0.0924. The van der Waals surface area contributed by atoms with E-state index in [1.54, 1.807) is 6.20 Å². The Morgan fingerprint density at radius 1 is 1.26 bits per heavy atom. The zero-order valence-corrected chi connectivity index (χ0v) is 17.9. The smallest absolute Gasteiger partial charge is 0.255 e. The molecule has 5 rings (SSSR count). The number of carbonyl (C=O) groups excluding carboxylic acids is 1. The van der Waals surface area contributed by atoms with E-state index in [2.05, 4.69) is 31.9 Å². The molecule has 1 aliphatic heterocycles. The number of nitrogens with zero attached hydrogens (tertiary/aromatic N) is 5. The maximum Gasteiger partial charge on any atom is 0.255 e. The fourth-order valence-corrected chi connectivity index (χ4v) is 4.85.